The third-order valence-corrected chi connectivity index (χ3v) is 4.80. The van der Waals surface area contributed by atoms with Gasteiger partial charge in [-0.05, 0) is 17.7 Å². The highest BCUT2D eigenvalue weighted by Crippen LogP contribution is 2.30. The van der Waals surface area contributed by atoms with Gasteiger partial charge in [-0.2, -0.15) is 0 Å². The van der Waals surface area contributed by atoms with Crippen molar-refractivity contribution in [2.75, 3.05) is 5.32 Å². The van der Waals surface area contributed by atoms with E-state index in [-0.39, 0.29) is 11.6 Å². The van der Waals surface area contributed by atoms with E-state index in [1.807, 2.05) is 35.7 Å². The van der Waals surface area contributed by atoms with Crippen LogP contribution in [0.25, 0.3) is 11.3 Å². The summed E-state index contributed by atoms with van der Waals surface area (Å²) in [4.78, 5) is 20.9. The molecular weight excluding hydrogens is 384 g/mol. The van der Waals surface area contributed by atoms with Crippen LogP contribution in [0.3, 0.4) is 0 Å². The lowest BCUT2D eigenvalue weighted by Crippen LogP contribution is -2.12. The molecule has 0 aliphatic rings. The van der Waals surface area contributed by atoms with Gasteiger partial charge in [0.2, 0.25) is 0 Å². The Morgan fingerprint density at radius 2 is 2.11 bits per heavy atom. The Kier molecular flexibility index (Phi) is 4.91. The normalized spacial score (nSPS) is 10.7. The van der Waals surface area contributed by atoms with Crippen molar-refractivity contribution in [2.45, 2.75) is 6.54 Å². The number of pyridine rings is 1. The fourth-order valence-corrected chi connectivity index (χ4v) is 3.38. The van der Waals surface area contributed by atoms with Gasteiger partial charge >= 0.3 is 0 Å². The summed E-state index contributed by atoms with van der Waals surface area (Å²) in [5.41, 5.74) is 2.71. The summed E-state index contributed by atoms with van der Waals surface area (Å²) < 4.78 is 1.59. The number of hydrogen-bond donors (Lipinski definition) is 1. The second-order valence-electron chi connectivity index (χ2n) is 5.63. The van der Waals surface area contributed by atoms with Gasteiger partial charge in [0, 0.05) is 28.4 Å². The number of thiazole rings is 1. The maximum Gasteiger partial charge on any atom is 0.279 e. The number of rotatable bonds is 5. The highest BCUT2D eigenvalue weighted by molar-refractivity contribution is 7.14. The van der Waals surface area contributed by atoms with Crippen LogP contribution in [-0.2, 0) is 6.54 Å². The maximum atomic E-state index is 12.4. The standard InChI is InChI=1S/C18H13ClN6OS/c19-14-6-2-1-5-13(14)16-11-27-18(21-16)22-17(26)15-10-25(24-23-15)9-12-4-3-7-20-8-12/h1-8,10-11H,9H2,(H,21,22,26). The van der Waals surface area contributed by atoms with Crippen molar-refractivity contribution in [2.24, 2.45) is 0 Å². The monoisotopic (exact) mass is 396 g/mol. The first kappa shape index (κ1) is 17.3. The van der Waals surface area contributed by atoms with Crippen LogP contribution in [0.2, 0.25) is 5.02 Å². The number of benzene rings is 1. The third-order valence-electron chi connectivity index (χ3n) is 3.71. The molecule has 0 aliphatic heterocycles. The van der Waals surface area contributed by atoms with Gasteiger partial charge in [-0.15, -0.1) is 16.4 Å². The average molecular weight is 397 g/mol. The Bertz CT molecular complexity index is 1080. The predicted molar refractivity (Wildman–Crippen MR) is 104 cm³/mol. The van der Waals surface area contributed by atoms with Crippen molar-refractivity contribution in [3.63, 3.8) is 0 Å². The molecule has 3 heterocycles. The molecule has 3 aromatic heterocycles. The molecule has 0 unspecified atom stereocenters. The molecule has 4 rings (SSSR count). The SMILES string of the molecule is O=C(Nc1nc(-c2ccccc2Cl)cs1)c1cn(Cc2cccnc2)nn1. The Hall–Kier alpha value is -3.10. The minimum atomic E-state index is -0.368. The summed E-state index contributed by atoms with van der Waals surface area (Å²) >= 11 is 7.51. The van der Waals surface area contributed by atoms with E-state index in [1.54, 1.807) is 29.3 Å². The van der Waals surface area contributed by atoms with Gasteiger partial charge in [0.1, 0.15) is 0 Å². The molecule has 1 aromatic carbocycles. The molecule has 1 N–H and O–H groups in total. The van der Waals surface area contributed by atoms with Crippen molar-refractivity contribution in [1.82, 2.24) is 25.0 Å². The minimum absolute atomic E-state index is 0.216. The van der Waals surface area contributed by atoms with E-state index in [0.717, 1.165) is 11.1 Å². The van der Waals surface area contributed by atoms with Crippen LogP contribution in [-0.4, -0.2) is 30.9 Å². The summed E-state index contributed by atoms with van der Waals surface area (Å²) in [6.45, 7) is 0.488. The summed E-state index contributed by atoms with van der Waals surface area (Å²) in [5.74, 6) is -0.368. The van der Waals surface area contributed by atoms with Gasteiger partial charge in [0.15, 0.2) is 10.8 Å². The molecule has 0 atom stereocenters. The van der Waals surface area contributed by atoms with Crippen LogP contribution in [0, 0.1) is 0 Å². The van der Waals surface area contributed by atoms with E-state index in [0.29, 0.717) is 22.4 Å². The first-order chi connectivity index (χ1) is 13.2. The van der Waals surface area contributed by atoms with Crippen molar-refractivity contribution in [1.29, 1.82) is 0 Å². The van der Waals surface area contributed by atoms with Gasteiger partial charge in [-0.3, -0.25) is 15.1 Å². The highest BCUT2D eigenvalue weighted by Gasteiger charge is 2.14. The van der Waals surface area contributed by atoms with Crippen LogP contribution in [0.15, 0.2) is 60.4 Å². The molecular formula is C18H13ClN6OS. The zero-order valence-electron chi connectivity index (χ0n) is 13.9. The number of aromatic nitrogens is 5. The third kappa shape index (κ3) is 4.02. The molecule has 0 saturated heterocycles. The number of nitrogens with one attached hydrogen (secondary N) is 1. The molecule has 0 aliphatic carbocycles. The number of hydrogen-bond acceptors (Lipinski definition) is 6. The van der Waals surface area contributed by atoms with Crippen LogP contribution < -0.4 is 5.32 Å². The van der Waals surface area contributed by atoms with Gasteiger partial charge in [-0.25, -0.2) is 9.67 Å². The molecule has 0 bridgehead atoms. The fourth-order valence-electron chi connectivity index (χ4n) is 2.44. The zero-order chi connectivity index (χ0) is 18.6. The Balaban J connectivity index is 1.45. The van der Waals surface area contributed by atoms with Crippen LogP contribution in [0.4, 0.5) is 5.13 Å². The molecule has 134 valence electrons. The zero-order valence-corrected chi connectivity index (χ0v) is 15.5. The number of nitrogens with zero attached hydrogens (tertiary/aromatic N) is 5. The summed E-state index contributed by atoms with van der Waals surface area (Å²) in [7, 11) is 0. The summed E-state index contributed by atoms with van der Waals surface area (Å²) in [6.07, 6.45) is 5.03. The number of carbonyl (C=O) groups is 1. The van der Waals surface area contributed by atoms with E-state index in [4.69, 9.17) is 11.6 Å². The van der Waals surface area contributed by atoms with Crippen molar-refractivity contribution >= 4 is 34.0 Å². The topological polar surface area (TPSA) is 85.6 Å². The van der Waals surface area contributed by atoms with E-state index in [2.05, 4.69) is 25.6 Å². The largest absolute Gasteiger partial charge is 0.296 e. The van der Waals surface area contributed by atoms with E-state index >= 15 is 0 Å². The molecule has 0 fully saturated rings. The van der Waals surface area contributed by atoms with Gasteiger partial charge in [0.05, 0.1) is 18.4 Å². The molecule has 4 aromatic rings. The Morgan fingerprint density at radius 3 is 2.93 bits per heavy atom. The van der Waals surface area contributed by atoms with Crippen molar-refractivity contribution in [3.8, 4) is 11.3 Å². The smallest absolute Gasteiger partial charge is 0.279 e. The average Bonchev–Trinajstić information content (AvgIpc) is 3.33. The minimum Gasteiger partial charge on any atom is -0.296 e. The maximum absolute atomic E-state index is 12.4. The van der Waals surface area contributed by atoms with Crippen molar-refractivity contribution < 1.29 is 4.79 Å². The molecule has 27 heavy (non-hydrogen) atoms. The number of carbonyl (C=O) groups excluding carboxylic acids is 1. The van der Waals surface area contributed by atoms with E-state index in [9.17, 15) is 4.79 Å². The van der Waals surface area contributed by atoms with Crippen LogP contribution in [0.5, 0.6) is 0 Å². The molecule has 0 radical (unpaired) electrons. The van der Waals surface area contributed by atoms with Crippen LogP contribution in [0.1, 0.15) is 16.1 Å². The Labute approximate surface area is 163 Å². The molecule has 0 spiro atoms. The summed E-state index contributed by atoms with van der Waals surface area (Å²) in [6, 6.07) is 11.2. The lowest BCUT2D eigenvalue weighted by Gasteiger charge is -2.00. The van der Waals surface area contributed by atoms with Gasteiger partial charge in [0.25, 0.3) is 5.91 Å². The highest BCUT2D eigenvalue weighted by atomic mass is 35.5. The molecule has 9 heteroatoms. The lowest BCUT2D eigenvalue weighted by molar-refractivity contribution is 0.102. The lowest BCUT2D eigenvalue weighted by atomic mass is 10.2. The molecule has 7 nitrogen and oxygen atoms in total. The predicted octanol–water partition coefficient (Wildman–Crippen LogP) is 3.75. The van der Waals surface area contributed by atoms with Crippen molar-refractivity contribution in [3.05, 3.63) is 76.6 Å². The Morgan fingerprint density at radius 1 is 1.22 bits per heavy atom. The van der Waals surface area contributed by atoms with Gasteiger partial charge < -0.3 is 0 Å². The first-order valence-electron chi connectivity index (χ1n) is 8.00. The number of halogens is 1. The van der Waals surface area contributed by atoms with E-state index in [1.165, 1.54) is 11.3 Å². The second-order valence-corrected chi connectivity index (χ2v) is 6.90. The van der Waals surface area contributed by atoms with Crippen LogP contribution >= 0.6 is 22.9 Å². The molecule has 0 saturated carbocycles. The quantitative estimate of drug-likeness (QED) is 0.555. The fraction of sp³-hybridized carbons (Fsp3) is 0.0556. The number of amides is 1. The number of anilines is 1. The molecule has 1 amide bonds. The first-order valence-corrected chi connectivity index (χ1v) is 9.25. The second kappa shape index (κ2) is 7.65. The summed E-state index contributed by atoms with van der Waals surface area (Å²) in [5, 5.41) is 13.6. The van der Waals surface area contributed by atoms with E-state index < -0.39 is 0 Å². The van der Waals surface area contributed by atoms with Gasteiger partial charge in [-0.1, -0.05) is 41.1 Å².